The Morgan fingerprint density at radius 2 is 1.41 bits per heavy atom. The fourth-order valence-corrected chi connectivity index (χ4v) is 6.45. The topological polar surface area (TPSA) is 119 Å². The molecule has 0 bridgehead atoms. The maximum atomic E-state index is 9.94. The molecule has 9 nitrogen and oxygen atoms in total. The molecule has 0 amide bonds. The predicted molar refractivity (Wildman–Crippen MR) is 116 cm³/mol. The van der Waals surface area contributed by atoms with Crippen molar-refractivity contribution < 1.29 is 37.8 Å². The highest BCUT2D eigenvalue weighted by Crippen LogP contribution is 2.17. The van der Waals surface area contributed by atoms with E-state index in [1.54, 1.807) is 21.3 Å². The van der Waals surface area contributed by atoms with E-state index in [2.05, 4.69) is 5.32 Å². The van der Waals surface area contributed by atoms with Crippen molar-refractivity contribution in [3.63, 3.8) is 0 Å². The monoisotopic (exact) mass is 457 g/mol. The van der Waals surface area contributed by atoms with Crippen LogP contribution in [0.3, 0.4) is 0 Å². The number of nitrogens with one attached hydrogen (secondary N) is 1. The van der Waals surface area contributed by atoms with Crippen molar-refractivity contribution in [2.45, 2.75) is 50.3 Å². The largest absolute Gasteiger partial charge is 0.500 e. The maximum Gasteiger partial charge on any atom is 0.500 e. The zero-order valence-electron chi connectivity index (χ0n) is 18.7. The standard InChI is InChI=1S/C18H43NO8Si2/c1-23-28(16-20,17-21)12-9-11-27-15-18(22)14-19-10-7-5-6-8-13-29(24-2,25-3)26-4/h18-22H,5-17H2,1-4H3. The van der Waals surface area contributed by atoms with Gasteiger partial charge in [0.05, 0.1) is 25.2 Å². The first-order valence-corrected chi connectivity index (χ1v) is 14.8. The zero-order chi connectivity index (χ0) is 22.0. The first-order valence-electron chi connectivity index (χ1n) is 10.4. The first kappa shape index (κ1) is 29.1. The van der Waals surface area contributed by atoms with Gasteiger partial charge < -0.3 is 43.1 Å². The van der Waals surface area contributed by atoms with Gasteiger partial charge in [-0.2, -0.15) is 0 Å². The smallest absolute Gasteiger partial charge is 0.415 e. The Balaban J connectivity index is 3.60. The van der Waals surface area contributed by atoms with E-state index in [0.29, 0.717) is 25.6 Å². The van der Waals surface area contributed by atoms with Crippen LogP contribution in [0.25, 0.3) is 0 Å². The van der Waals surface area contributed by atoms with E-state index in [-0.39, 0.29) is 19.1 Å². The minimum Gasteiger partial charge on any atom is -0.415 e. The van der Waals surface area contributed by atoms with Crippen LogP contribution in [0.4, 0.5) is 0 Å². The quantitative estimate of drug-likeness (QED) is 0.144. The molecular formula is C18H43NO8Si2. The lowest BCUT2D eigenvalue weighted by Gasteiger charge is -2.25. The average Bonchev–Trinajstić information content (AvgIpc) is 2.76. The summed E-state index contributed by atoms with van der Waals surface area (Å²) in [7, 11) is 1.59. The molecular weight excluding hydrogens is 414 g/mol. The molecule has 0 aliphatic rings. The van der Waals surface area contributed by atoms with Gasteiger partial charge in [0.1, 0.15) is 0 Å². The SMILES string of the molecule is CO[Si](CO)(CO)CCCOCC(O)CNCCCCCC[Si](OC)(OC)OC. The molecule has 4 N–H and O–H groups in total. The Morgan fingerprint density at radius 1 is 0.793 bits per heavy atom. The van der Waals surface area contributed by atoms with E-state index >= 15 is 0 Å². The molecule has 0 aromatic carbocycles. The maximum absolute atomic E-state index is 9.94. The van der Waals surface area contributed by atoms with Gasteiger partial charge in [-0.05, 0) is 31.9 Å². The molecule has 0 aliphatic heterocycles. The minimum absolute atomic E-state index is 0.0967. The van der Waals surface area contributed by atoms with E-state index in [1.807, 2.05) is 0 Å². The highest BCUT2D eigenvalue weighted by atomic mass is 28.4. The van der Waals surface area contributed by atoms with Crippen molar-refractivity contribution in [3.8, 4) is 0 Å². The lowest BCUT2D eigenvalue weighted by molar-refractivity contribution is 0.0369. The van der Waals surface area contributed by atoms with Crippen LogP contribution in [0.5, 0.6) is 0 Å². The van der Waals surface area contributed by atoms with E-state index in [0.717, 1.165) is 38.3 Å². The number of aliphatic hydroxyl groups excluding tert-OH is 3. The second-order valence-electron chi connectivity index (χ2n) is 7.20. The molecule has 0 saturated heterocycles. The molecule has 0 aliphatic carbocycles. The van der Waals surface area contributed by atoms with Crippen LogP contribution in [0, 0.1) is 0 Å². The molecule has 1 unspecified atom stereocenters. The molecule has 0 spiro atoms. The van der Waals surface area contributed by atoms with Gasteiger partial charge >= 0.3 is 8.80 Å². The van der Waals surface area contributed by atoms with Crippen molar-refractivity contribution in [2.24, 2.45) is 0 Å². The van der Waals surface area contributed by atoms with Gasteiger partial charge in [0.25, 0.3) is 0 Å². The molecule has 0 aromatic rings. The van der Waals surface area contributed by atoms with Crippen LogP contribution in [-0.4, -0.2) is 106 Å². The molecule has 29 heavy (non-hydrogen) atoms. The average molecular weight is 458 g/mol. The fourth-order valence-electron chi connectivity index (χ4n) is 2.98. The summed E-state index contributed by atoms with van der Waals surface area (Å²) in [5.41, 5.74) is 0. The second kappa shape index (κ2) is 17.7. The minimum atomic E-state index is -2.44. The van der Waals surface area contributed by atoms with Crippen molar-refractivity contribution >= 4 is 17.1 Å². The highest BCUT2D eigenvalue weighted by molar-refractivity contribution is 6.73. The number of unbranched alkanes of at least 4 members (excludes halogenated alkanes) is 3. The fraction of sp³-hybridized carbons (Fsp3) is 1.00. The van der Waals surface area contributed by atoms with Gasteiger partial charge in [-0.3, -0.25) is 0 Å². The number of hydrogen-bond donors (Lipinski definition) is 4. The Hall–Kier alpha value is 0.0738. The number of hydrogen-bond acceptors (Lipinski definition) is 9. The summed E-state index contributed by atoms with van der Waals surface area (Å²) in [6, 6.07) is 1.46. The third-order valence-electron chi connectivity index (χ3n) is 5.14. The highest BCUT2D eigenvalue weighted by Gasteiger charge is 2.36. The van der Waals surface area contributed by atoms with Crippen molar-refractivity contribution in [1.29, 1.82) is 0 Å². The summed E-state index contributed by atoms with van der Waals surface area (Å²) >= 11 is 0. The van der Waals surface area contributed by atoms with Gasteiger partial charge in [0.2, 0.25) is 8.32 Å². The Kier molecular flexibility index (Phi) is 17.8. The molecule has 0 radical (unpaired) electrons. The third kappa shape index (κ3) is 12.5. The molecule has 0 heterocycles. The van der Waals surface area contributed by atoms with Crippen LogP contribution in [0.1, 0.15) is 32.1 Å². The summed E-state index contributed by atoms with van der Waals surface area (Å²) in [4.78, 5) is 0. The Morgan fingerprint density at radius 3 is 1.97 bits per heavy atom. The summed E-state index contributed by atoms with van der Waals surface area (Å²) < 4.78 is 27.0. The van der Waals surface area contributed by atoms with Crippen molar-refractivity contribution in [2.75, 3.05) is 67.2 Å². The van der Waals surface area contributed by atoms with E-state index in [4.69, 9.17) is 22.4 Å². The zero-order valence-corrected chi connectivity index (χ0v) is 20.7. The van der Waals surface area contributed by atoms with Crippen LogP contribution in [-0.2, 0) is 22.4 Å². The van der Waals surface area contributed by atoms with Crippen LogP contribution >= 0.6 is 0 Å². The summed E-state index contributed by atoms with van der Waals surface area (Å²) in [6.07, 6.45) is 4.20. The first-order chi connectivity index (χ1) is 14.0. The molecule has 0 fully saturated rings. The van der Waals surface area contributed by atoms with Crippen molar-refractivity contribution in [3.05, 3.63) is 0 Å². The second-order valence-corrected chi connectivity index (χ2v) is 14.2. The normalized spacial score (nSPS) is 13.8. The van der Waals surface area contributed by atoms with E-state index in [9.17, 15) is 15.3 Å². The molecule has 176 valence electrons. The number of ether oxygens (including phenoxy) is 1. The molecule has 0 rings (SSSR count). The summed E-state index contributed by atoms with van der Waals surface area (Å²) in [5.74, 6) is 0. The van der Waals surface area contributed by atoms with E-state index in [1.165, 1.54) is 7.11 Å². The molecule has 0 saturated carbocycles. The van der Waals surface area contributed by atoms with Gasteiger partial charge in [-0.25, -0.2) is 0 Å². The van der Waals surface area contributed by atoms with Crippen LogP contribution in [0.15, 0.2) is 0 Å². The summed E-state index contributed by atoms with van der Waals surface area (Å²) in [5, 5.41) is 31.9. The molecule has 0 aromatic heterocycles. The van der Waals surface area contributed by atoms with Gasteiger partial charge in [-0.1, -0.05) is 12.8 Å². The van der Waals surface area contributed by atoms with Crippen molar-refractivity contribution in [1.82, 2.24) is 5.32 Å². The number of aliphatic hydroxyl groups is 3. The lowest BCUT2D eigenvalue weighted by atomic mass is 10.2. The van der Waals surface area contributed by atoms with Gasteiger partial charge in [-0.15, -0.1) is 0 Å². The van der Waals surface area contributed by atoms with Gasteiger partial charge in [0, 0.05) is 47.6 Å². The predicted octanol–water partition coefficient (Wildman–Crippen LogP) is 0.437. The number of rotatable bonds is 21. The Bertz CT molecular complexity index is 357. The van der Waals surface area contributed by atoms with E-state index < -0.39 is 23.2 Å². The van der Waals surface area contributed by atoms with Crippen LogP contribution < -0.4 is 5.32 Å². The molecule has 1 atom stereocenters. The van der Waals surface area contributed by atoms with Gasteiger partial charge in [0.15, 0.2) is 0 Å². The summed E-state index contributed by atoms with van der Waals surface area (Å²) in [6.45, 7) is 2.10. The lowest BCUT2D eigenvalue weighted by Crippen LogP contribution is -2.46. The van der Waals surface area contributed by atoms with Crippen LogP contribution in [0.2, 0.25) is 12.1 Å². The molecule has 11 heteroatoms. The Labute approximate surface area is 178 Å². The third-order valence-corrected chi connectivity index (χ3v) is 11.3.